The van der Waals surface area contributed by atoms with Crippen LogP contribution in [0.15, 0.2) is 30.6 Å². The smallest absolute Gasteiger partial charge is 0.338 e. The summed E-state index contributed by atoms with van der Waals surface area (Å²) < 4.78 is 30.8. The summed E-state index contributed by atoms with van der Waals surface area (Å²) in [6, 6.07) is 2.52. The summed E-state index contributed by atoms with van der Waals surface area (Å²) in [5.74, 6) is -3.07. The maximum absolute atomic E-state index is 13.2. The Bertz CT molecular complexity index is 587. The Labute approximate surface area is 99.7 Å². The van der Waals surface area contributed by atoms with Crippen molar-refractivity contribution in [1.82, 2.24) is 9.97 Å². The summed E-state index contributed by atoms with van der Waals surface area (Å²) in [6.07, 6.45) is 2.04. The minimum atomic E-state index is -1.19. The number of aromatic nitrogens is 2. The van der Waals surface area contributed by atoms with E-state index in [1.165, 1.54) is 0 Å². The Hall–Kier alpha value is -2.57. The second kappa shape index (κ2) is 4.74. The van der Waals surface area contributed by atoms with Crippen LogP contribution in [0, 0.1) is 11.6 Å². The second-order valence-electron chi connectivity index (χ2n) is 3.24. The molecule has 0 saturated carbocycles. The number of hydrogen-bond acceptors (Lipinski definition) is 4. The fourth-order valence-electron chi connectivity index (χ4n) is 1.14. The van der Waals surface area contributed by atoms with E-state index in [4.69, 9.17) is 9.84 Å². The Kier molecular flexibility index (Phi) is 3.13. The lowest BCUT2D eigenvalue weighted by molar-refractivity contribution is 0.0696. The summed E-state index contributed by atoms with van der Waals surface area (Å²) in [4.78, 5) is 17.7. The molecule has 2 rings (SSSR count). The minimum Gasteiger partial charge on any atom is -0.478 e. The zero-order valence-electron chi connectivity index (χ0n) is 8.80. The van der Waals surface area contributed by atoms with E-state index in [0.29, 0.717) is 6.07 Å². The highest BCUT2D eigenvalue weighted by atomic mass is 19.1. The summed E-state index contributed by atoms with van der Waals surface area (Å²) in [7, 11) is 0. The SMILES string of the molecule is O=C(O)c1cnc(Oc2ccc(F)cc2F)nc1. The van der Waals surface area contributed by atoms with Crippen LogP contribution >= 0.6 is 0 Å². The molecule has 92 valence electrons. The van der Waals surface area contributed by atoms with E-state index in [9.17, 15) is 13.6 Å². The molecule has 0 aliphatic rings. The highest BCUT2D eigenvalue weighted by Gasteiger charge is 2.09. The number of aromatic carboxylic acids is 1. The molecule has 0 aliphatic heterocycles. The molecule has 1 heterocycles. The Morgan fingerprint density at radius 3 is 2.44 bits per heavy atom. The van der Waals surface area contributed by atoms with Crippen LogP contribution in [0.5, 0.6) is 11.8 Å². The van der Waals surface area contributed by atoms with Crippen LogP contribution in [-0.2, 0) is 0 Å². The lowest BCUT2D eigenvalue weighted by Crippen LogP contribution is -2.00. The van der Waals surface area contributed by atoms with Crippen molar-refractivity contribution in [3.63, 3.8) is 0 Å². The Morgan fingerprint density at radius 2 is 1.89 bits per heavy atom. The molecule has 0 spiro atoms. The largest absolute Gasteiger partial charge is 0.478 e. The van der Waals surface area contributed by atoms with Crippen molar-refractivity contribution in [3.8, 4) is 11.8 Å². The highest BCUT2D eigenvalue weighted by molar-refractivity contribution is 5.86. The molecule has 2 aromatic rings. The van der Waals surface area contributed by atoms with Gasteiger partial charge in [-0.3, -0.25) is 0 Å². The molecule has 1 N–H and O–H groups in total. The van der Waals surface area contributed by atoms with Crippen LogP contribution in [0.3, 0.4) is 0 Å². The molecule has 0 fully saturated rings. The average molecular weight is 252 g/mol. The summed E-state index contributed by atoms with van der Waals surface area (Å²) in [5.41, 5.74) is -0.123. The first-order valence-corrected chi connectivity index (χ1v) is 4.74. The molecule has 0 atom stereocenters. The van der Waals surface area contributed by atoms with Crippen LogP contribution in [0.2, 0.25) is 0 Å². The van der Waals surface area contributed by atoms with Gasteiger partial charge in [-0.15, -0.1) is 0 Å². The van der Waals surface area contributed by atoms with Crippen molar-refractivity contribution in [2.75, 3.05) is 0 Å². The summed E-state index contributed by atoms with van der Waals surface area (Å²) >= 11 is 0. The van der Waals surface area contributed by atoms with Crippen LogP contribution in [0.1, 0.15) is 10.4 Å². The summed E-state index contributed by atoms with van der Waals surface area (Å²) in [6.45, 7) is 0. The number of carboxylic acids is 1. The molecule has 1 aromatic carbocycles. The predicted octanol–water partition coefficient (Wildman–Crippen LogP) is 2.25. The molecule has 0 saturated heterocycles. The monoisotopic (exact) mass is 252 g/mol. The van der Waals surface area contributed by atoms with Gasteiger partial charge >= 0.3 is 12.0 Å². The van der Waals surface area contributed by atoms with Crippen molar-refractivity contribution >= 4 is 5.97 Å². The third-order valence-electron chi connectivity index (χ3n) is 1.97. The molecule has 0 unspecified atom stereocenters. The third-order valence-corrected chi connectivity index (χ3v) is 1.97. The molecule has 7 heteroatoms. The molecular formula is C11H6F2N2O3. The lowest BCUT2D eigenvalue weighted by Gasteiger charge is -2.04. The lowest BCUT2D eigenvalue weighted by atomic mass is 10.3. The molecule has 1 aromatic heterocycles. The van der Waals surface area contributed by atoms with Crippen LogP contribution < -0.4 is 4.74 Å². The van der Waals surface area contributed by atoms with Gasteiger partial charge in [-0.25, -0.2) is 23.5 Å². The molecule has 0 bridgehead atoms. The van der Waals surface area contributed by atoms with Gasteiger partial charge in [-0.05, 0) is 12.1 Å². The maximum atomic E-state index is 13.2. The van der Waals surface area contributed by atoms with Crippen molar-refractivity contribution in [2.45, 2.75) is 0 Å². The topological polar surface area (TPSA) is 72.3 Å². The van der Waals surface area contributed by atoms with Gasteiger partial charge in [-0.1, -0.05) is 0 Å². The quantitative estimate of drug-likeness (QED) is 0.906. The number of carbonyl (C=O) groups is 1. The summed E-state index contributed by atoms with van der Waals surface area (Å²) in [5, 5.41) is 8.62. The van der Waals surface area contributed by atoms with Crippen molar-refractivity contribution in [2.24, 2.45) is 0 Å². The van der Waals surface area contributed by atoms with Gasteiger partial charge in [0.1, 0.15) is 5.82 Å². The second-order valence-corrected chi connectivity index (χ2v) is 3.24. The van der Waals surface area contributed by atoms with Gasteiger partial charge in [0, 0.05) is 18.5 Å². The Morgan fingerprint density at radius 1 is 1.22 bits per heavy atom. The van der Waals surface area contributed by atoms with Crippen molar-refractivity contribution < 1.29 is 23.4 Å². The molecule has 0 radical (unpaired) electrons. The van der Waals surface area contributed by atoms with E-state index in [1.807, 2.05) is 0 Å². The highest BCUT2D eigenvalue weighted by Crippen LogP contribution is 2.22. The van der Waals surface area contributed by atoms with E-state index in [1.54, 1.807) is 0 Å². The van der Waals surface area contributed by atoms with E-state index in [0.717, 1.165) is 24.5 Å². The zero-order valence-corrected chi connectivity index (χ0v) is 8.80. The fraction of sp³-hybridized carbons (Fsp3) is 0. The number of carboxylic acid groups (broad SMARTS) is 1. The number of nitrogens with zero attached hydrogens (tertiary/aromatic N) is 2. The van der Waals surface area contributed by atoms with Crippen molar-refractivity contribution in [3.05, 3.63) is 47.8 Å². The number of benzene rings is 1. The van der Waals surface area contributed by atoms with Gasteiger partial charge in [0.25, 0.3) is 0 Å². The molecular weight excluding hydrogens is 246 g/mol. The molecule has 0 aliphatic carbocycles. The molecule has 5 nitrogen and oxygen atoms in total. The number of halogens is 2. The van der Waals surface area contributed by atoms with Crippen molar-refractivity contribution in [1.29, 1.82) is 0 Å². The van der Waals surface area contributed by atoms with E-state index >= 15 is 0 Å². The Balaban J connectivity index is 2.21. The predicted molar refractivity (Wildman–Crippen MR) is 55.4 cm³/mol. The first kappa shape index (κ1) is 11.9. The number of hydrogen-bond donors (Lipinski definition) is 1. The minimum absolute atomic E-state index is 0.123. The van der Waals surface area contributed by atoms with E-state index in [2.05, 4.69) is 9.97 Å². The third kappa shape index (κ3) is 2.57. The number of rotatable bonds is 3. The first-order chi connectivity index (χ1) is 8.56. The zero-order chi connectivity index (χ0) is 13.1. The molecule has 0 amide bonds. The van der Waals surface area contributed by atoms with Gasteiger partial charge in [0.2, 0.25) is 0 Å². The van der Waals surface area contributed by atoms with Crippen LogP contribution in [-0.4, -0.2) is 21.0 Å². The van der Waals surface area contributed by atoms with E-state index < -0.39 is 17.6 Å². The van der Waals surface area contributed by atoms with E-state index in [-0.39, 0.29) is 17.3 Å². The van der Waals surface area contributed by atoms with Gasteiger partial charge in [-0.2, -0.15) is 0 Å². The van der Waals surface area contributed by atoms with Gasteiger partial charge in [0.15, 0.2) is 11.6 Å². The molecule has 18 heavy (non-hydrogen) atoms. The normalized spacial score (nSPS) is 10.1. The van der Waals surface area contributed by atoms with Crippen LogP contribution in [0.4, 0.5) is 8.78 Å². The van der Waals surface area contributed by atoms with Crippen LogP contribution in [0.25, 0.3) is 0 Å². The standard InChI is InChI=1S/C11H6F2N2O3/c12-7-1-2-9(8(13)3-7)18-11-14-4-6(5-15-11)10(16)17/h1-5H,(H,16,17). The van der Waals surface area contributed by atoms with Gasteiger partial charge < -0.3 is 9.84 Å². The maximum Gasteiger partial charge on any atom is 0.338 e. The average Bonchev–Trinajstić information content (AvgIpc) is 2.33. The van der Waals surface area contributed by atoms with Gasteiger partial charge in [0.05, 0.1) is 5.56 Å². The first-order valence-electron chi connectivity index (χ1n) is 4.74. The number of ether oxygens (including phenoxy) is 1. The fourth-order valence-corrected chi connectivity index (χ4v) is 1.14.